The van der Waals surface area contributed by atoms with Crippen molar-refractivity contribution in [2.24, 2.45) is 0 Å². The van der Waals surface area contributed by atoms with Gasteiger partial charge < -0.3 is 15.0 Å². The molecule has 2 aromatic carbocycles. The number of aromatic nitrogens is 3. The summed E-state index contributed by atoms with van der Waals surface area (Å²) >= 11 is 0. The molecule has 182 valence electrons. The van der Waals surface area contributed by atoms with Crippen LogP contribution in [0.25, 0.3) is 22.9 Å². The number of hydrogen-bond donors (Lipinski definition) is 4. The number of fused-ring (bicyclic) bond motifs is 1. The van der Waals surface area contributed by atoms with Crippen LogP contribution in [0.1, 0.15) is 28.4 Å². The van der Waals surface area contributed by atoms with Crippen molar-refractivity contribution < 1.29 is 14.7 Å². The van der Waals surface area contributed by atoms with Gasteiger partial charge in [0.1, 0.15) is 23.0 Å². The van der Waals surface area contributed by atoms with Gasteiger partial charge in [0.15, 0.2) is 0 Å². The van der Waals surface area contributed by atoms with Gasteiger partial charge in [0, 0.05) is 23.2 Å². The summed E-state index contributed by atoms with van der Waals surface area (Å²) in [4.78, 5) is 56.2. The molecule has 1 aliphatic rings. The molecule has 10 nitrogen and oxygen atoms in total. The number of H-pyrrole nitrogens is 3. The van der Waals surface area contributed by atoms with Gasteiger partial charge in [0.2, 0.25) is 5.78 Å². The van der Waals surface area contributed by atoms with Crippen molar-refractivity contribution >= 4 is 29.0 Å². The minimum Gasteiger partial charge on any atom is -0.507 e. The summed E-state index contributed by atoms with van der Waals surface area (Å²) in [5.74, 6) is -1.26. The quantitative estimate of drug-likeness (QED) is 0.331. The lowest BCUT2D eigenvalue weighted by atomic mass is 9.94. The number of hydrogen-bond acceptors (Lipinski definition) is 6. The first kappa shape index (κ1) is 23.3. The molecule has 0 saturated carbocycles. The third kappa shape index (κ3) is 3.75. The molecule has 0 unspecified atom stereocenters. The molecule has 0 saturated heterocycles. The molecule has 1 amide bonds. The van der Waals surface area contributed by atoms with Crippen LogP contribution in [-0.2, 0) is 4.79 Å². The van der Waals surface area contributed by atoms with Gasteiger partial charge in [-0.1, -0.05) is 24.3 Å². The molecule has 0 spiro atoms. The second-order valence-corrected chi connectivity index (χ2v) is 8.25. The number of ketones is 1. The molecule has 0 radical (unpaired) electrons. The van der Waals surface area contributed by atoms with E-state index in [4.69, 9.17) is 0 Å². The van der Waals surface area contributed by atoms with Crippen LogP contribution >= 0.6 is 0 Å². The molecule has 4 aromatic rings. The lowest BCUT2D eigenvalue weighted by Gasteiger charge is -2.28. The Bertz CT molecular complexity index is 1890. The molecule has 4 N–H and O–H groups in total. The fraction of sp³-hybridized carbons (Fsp3) is 0.0741. The van der Waals surface area contributed by atoms with Crippen molar-refractivity contribution in [3.05, 3.63) is 103 Å². The van der Waals surface area contributed by atoms with Crippen molar-refractivity contribution in [1.82, 2.24) is 15.2 Å². The molecule has 10 heteroatoms. The summed E-state index contributed by atoms with van der Waals surface area (Å²) in [6.07, 6.45) is 1.35. The number of nitrogens with one attached hydrogen (secondary N) is 3. The minimum absolute atomic E-state index is 0.0269. The van der Waals surface area contributed by atoms with Crippen molar-refractivity contribution in [1.29, 1.82) is 5.26 Å². The first-order chi connectivity index (χ1) is 17.8. The first-order valence-electron chi connectivity index (χ1n) is 11.3. The zero-order valence-corrected chi connectivity index (χ0v) is 19.5. The Labute approximate surface area is 208 Å². The van der Waals surface area contributed by atoms with Crippen LogP contribution in [0.3, 0.4) is 0 Å². The molecule has 3 heterocycles. The van der Waals surface area contributed by atoms with Gasteiger partial charge >= 0.3 is 0 Å². The molecule has 5 rings (SSSR count). The van der Waals surface area contributed by atoms with E-state index in [1.165, 1.54) is 23.1 Å². The number of phenolic OH excluding ortho intramolecular Hbond substituents is 1. The third-order valence-corrected chi connectivity index (χ3v) is 6.17. The van der Waals surface area contributed by atoms with E-state index in [0.29, 0.717) is 17.8 Å². The number of carbonyl (C=O) groups excluding carboxylic acids is 2. The van der Waals surface area contributed by atoms with Crippen molar-refractivity contribution in [3.8, 4) is 23.1 Å². The second-order valence-electron chi connectivity index (χ2n) is 8.25. The Hall–Kier alpha value is -5.43. The van der Waals surface area contributed by atoms with E-state index in [2.05, 4.69) is 15.2 Å². The van der Waals surface area contributed by atoms with E-state index in [1.54, 1.807) is 55.5 Å². The monoisotopic (exact) mass is 493 g/mol. The number of amides is 1. The van der Waals surface area contributed by atoms with Crippen LogP contribution in [0.4, 0.5) is 5.69 Å². The topological polar surface area (TPSA) is 163 Å². The second kappa shape index (κ2) is 8.98. The number of para-hydroxylation sites is 2. The van der Waals surface area contributed by atoms with E-state index in [0.717, 1.165) is 0 Å². The summed E-state index contributed by atoms with van der Waals surface area (Å²) in [7, 11) is 0. The SMILES string of the molecule is CCN1C(=O)/C(=c2/[nH][nH]c(=O)/c2=C\c2cc(C#N)c(=O)[nH]c2-c2ccccc2O)C(=O)c2ccccc21. The number of nitrogens with zero attached hydrogens (tertiary/aromatic N) is 2. The maximum absolute atomic E-state index is 13.4. The standard InChI is InChI=1S/C27H19N5O5/c1-2-32-19-9-5-3-7-16(19)24(34)21(27(32)37)23-18(26(36)31-30-23)12-14-11-15(13-28)25(35)29-22(14)17-8-4-6-10-20(17)33/h3-12,30,33H,2H2,1H3,(H,29,35)(H,31,36)/b18-12-,23-21+. The summed E-state index contributed by atoms with van der Waals surface area (Å²) in [5, 5.41) is 24.8. The van der Waals surface area contributed by atoms with Crippen LogP contribution < -0.4 is 26.6 Å². The number of carbonyl (C=O) groups is 2. The van der Waals surface area contributed by atoms with E-state index >= 15 is 0 Å². The Morgan fingerprint density at radius 3 is 2.38 bits per heavy atom. The molecule has 1 aliphatic heterocycles. The Morgan fingerprint density at radius 2 is 1.68 bits per heavy atom. The average molecular weight is 493 g/mol. The van der Waals surface area contributed by atoms with E-state index < -0.39 is 22.8 Å². The van der Waals surface area contributed by atoms with Crippen molar-refractivity contribution in [2.45, 2.75) is 6.92 Å². The van der Waals surface area contributed by atoms with Crippen LogP contribution in [0, 0.1) is 11.3 Å². The summed E-state index contributed by atoms with van der Waals surface area (Å²) in [5.41, 5.74) is -0.324. The normalized spacial score (nSPS) is 15.0. The molecule has 37 heavy (non-hydrogen) atoms. The first-order valence-corrected chi connectivity index (χ1v) is 11.3. The summed E-state index contributed by atoms with van der Waals surface area (Å²) in [6.45, 7) is 2.07. The number of benzene rings is 2. The largest absolute Gasteiger partial charge is 0.507 e. The summed E-state index contributed by atoms with van der Waals surface area (Å²) in [6, 6.07) is 16.0. The van der Waals surface area contributed by atoms with Crippen LogP contribution in [0.5, 0.6) is 5.75 Å². The van der Waals surface area contributed by atoms with Crippen LogP contribution in [-0.4, -0.2) is 38.5 Å². The van der Waals surface area contributed by atoms with Gasteiger partial charge in [0.05, 0.1) is 21.9 Å². The van der Waals surface area contributed by atoms with Crippen LogP contribution in [0.2, 0.25) is 0 Å². The molecular weight excluding hydrogens is 474 g/mol. The number of aromatic amines is 3. The zero-order valence-electron chi connectivity index (χ0n) is 19.5. The molecule has 0 bridgehead atoms. The number of phenols is 1. The van der Waals surface area contributed by atoms with E-state index in [-0.39, 0.29) is 44.3 Å². The predicted octanol–water partition coefficient (Wildman–Crippen LogP) is 0.864. The predicted molar refractivity (Wildman–Crippen MR) is 135 cm³/mol. The smallest absolute Gasteiger partial charge is 0.271 e. The van der Waals surface area contributed by atoms with E-state index in [1.807, 2.05) is 0 Å². The van der Waals surface area contributed by atoms with Gasteiger partial charge in [-0.05, 0) is 43.3 Å². The third-order valence-electron chi connectivity index (χ3n) is 6.17. The molecular formula is C27H19N5O5. The highest BCUT2D eigenvalue weighted by molar-refractivity contribution is 6.51. The lowest BCUT2D eigenvalue weighted by Crippen LogP contribution is -2.45. The maximum atomic E-state index is 13.4. The van der Waals surface area contributed by atoms with Crippen molar-refractivity contribution in [3.63, 3.8) is 0 Å². The average Bonchev–Trinajstić information content (AvgIpc) is 3.25. The van der Waals surface area contributed by atoms with Crippen molar-refractivity contribution in [2.75, 3.05) is 11.4 Å². The lowest BCUT2D eigenvalue weighted by molar-refractivity contribution is -0.113. The fourth-order valence-electron chi connectivity index (χ4n) is 4.42. The highest BCUT2D eigenvalue weighted by Crippen LogP contribution is 2.31. The van der Waals surface area contributed by atoms with Gasteiger partial charge in [-0.25, -0.2) is 0 Å². The number of Topliss-reactive ketones (excluding diaryl/α,β-unsaturated/α-hetero) is 1. The molecule has 0 atom stereocenters. The molecule has 2 aromatic heterocycles. The highest BCUT2D eigenvalue weighted by atomic mass is 16.3. The van der Waals surface area contributed by atoms with Gasteiger partial charge in [-0.3, -0.25) is 29.4 Å². The molecule has 0 fully saturated rings. The Kier molecular flexibility index (Phi) is 5.66. The Morgan fingerprint density at radius 1 is 0.973 bits per heavy atom. The minimum atomic E-state index is -0.677. The zero-order chi connectivity index (χ0) is 26.3. The Balaban J connectivity index is 1.86. The fourth-order valence-corrected chi connectivity index (χ4v) is 4.42. The van der Waals surface area contributed by atoms with Gasteiger partial charge in [0.25, 0.3) is 17.0 Å². The highest BCUT2D eigenvalue weighted by Gasteiger charge is 2.35. The number of anilines is 1. The number of rotatable bonds is 3. The van der Waals surface area contributed by atoms with E-state index in [9.17, 15) is 29.5 Å². The van der Waals surface area contributed by atoms with Gasteiger partial charge in [-0.2, -0.15) is 5.26 Å². The molecule has 0 aliphatic carbocycles. The number of pyridine rings is 1. The number of aromatic hydroxyl groups is 1. The van der Waals surface area contributed by atoms with Crippen LogP contribution in [0.15, 0.2) is 64.2 Å². The summed E-state index contributed by atoms with van der Waals surface area (Å²) < 4.78 is 0. The maximum Gasteiger partial charge on any atom is 0.271 e. The number of nitriles is 1. The van der Waals surface area contributed by atoms with Gasteiger partial charge in [-0.15, -0.1) is 0 Å².